The molecular formula is C15H26IN5O. The van der Waals surface area contributed by atoms with E-state index in [1.807, 2.05) is 31.3 Å². The van der Waals surface area contributed by atoms with E-state index in [9.17, 15) is 0 Å². The van der Waals surface area contributed by atoms with Crippen LogP contribution < -0.4 is 15.5 Å². The Hall–Kier alpha value is -1.09. The van der Waals surface area contributed by atoms with Gasteiger partial charge in [-0.3, -0.25) is 4.99 Å². The molecule has 0 spiro atoms. The molecule has 1 fully saturated rings. The second-order valence-electron chi connectivity index (χ2n) is 5.32. The Balaban J connectivity index is 0.00000242. The maximum Gasteiger partial charge on any atom is 0.191 e. The van der Waals surface area contributed by atoms with Gasteiger partial charge in [0.2, 0.25) is 0 Å². The van der Waals surface area contributed by atoms with E-state index in [4.69, 9.17) is 4.74 Å². The molecule has 6 nitrogen and oxygen atoms in total. The van der Waals surface area contributed by atoms with Gasteiger partial charge in [0.15, 0.2) is 5.96 Å². The van der Waals surface area contributed by atoms with Gasteiger partial charge < -0.3 is 20.3 Å². The Labute approximate surface area is 149 Å². The Kier molecular flexibility index (Phi) is 8.47. The van der Waals surface area contributed by atoms with Gasteiger partial charge in [-0.2, -0.15) is 0 Å². The first-order valence-corrected chi connectivity index (χ1v) is 7.38. The zero-order valence-corrected chi connectivity index (χ0v) is 15.8. The summed E-state index contributed by atoms with van der Waals surface area (Å²) in [6.07, 6.45) is 4.39. The van der Waals surface area contributed by atoms with Gasteiger partial charge in [0, 0.05) is 52.6 Å². The van der Waals surface area contributed by atoms with Crippen LogP contribution in [0.3, 0.4) is 0 Å². The lowest BCUT2D eigenvalue weighted by atomic mass is 10.2. The molecule has 2 rings (SSSR count). The molecule has 7 heteroatoms. The van der Waals surface area contributed by atoms with Gasteiger partial charge in [0.25, 0.3) is 0 Å². The van der Waals surface area contributed by atoms with Crippen molar-refractivity contribution in [1.82, 2.24) is 15.6 Å². The van der Waals surface area contributed by atoms with Crippen LogP contribution in [-0.4, -0.2) is 51.3 Å². The second kappa shape index (κ2) is 9.83. The highest BCUT2D eigenvalue weighted by atomic mass is 127. The number of pyridine rings is 1. The molecule has 22 heavy (non-hydrogen) atoms. The Morgan fingerprint density at radius 3 is 2.91 bits per heavy atom. The van der Waals surface area contributed by atoms with Crippen LogP contribution in [0.1, 0.15) is 18.4 Å². The number of rotatable bonds is 5. The minimum absolute atomic E-state index is 0. The first kappa shape index (κ1) is 19.0. The molecule has 0 saturated carbocycles. The standard InChI is InChI=1S/C15H25N5O.HI/c1-16-15(19-11-13-7-5-9-21-13)18-10-12-6-4-8-17-14(12)20(2)3;/h4,6,8,13H,5,7,9-11H2,1-3H3,(H2,16,18,19);1H. The fourth-order valence-electron chi connectivity index (χ4n) is 2.39. The Bertz CT molecular complexity index is 475. The lowest BCUT2D eigenvalue weighted by Gasteiger charge is -2.18. The van der Waals surface area contributed by atoms with Gasteiger partial charge in [-0.15, -0.1) is 24.0 Å². The summed E-state index contributed by atoms with van der Waals surface area (Å²) in [6, 6.07) is 4.02. The fraction of sp³-hybridized carbons (Fsp3) is 0.600. The van der Waals surface area contributed by atoms with Gasteiger partial charge in [0.1, 0.15) is 5.82 Å². The molecule has 1 aliphatic heterocycles. The highest BCUT2D eigenvalue weighted by molar-refractivity contribution is 14.0. The summed E-state index contributed by atoms with van der Waals surface area (Å²) >= 11 is 0. The molecule has 2 N–H and O–H groups in total. The number of halogens is 1. The number of ether oxygens (including phenoxy) is 1. The highest BCUT2D eigenvalue weighted by Crippen LogP contribution is 2.14. The lowest BCUT2D eigenvalue weighted by Crippen LogP contribution is -2.40. The van der Waals surface area contributed by atoms with Crippen molar-refractivity contribution in [2.75, 3.05) is 39.2 Å². The third kappa shape index (κ3) is 5.60. The van der Waals surface area contributed by atoms with Crippen molar-refractivity contribution in [3.8, 4) is 0 Å². The smallest absolute Gasteiger partial charge is 0.191 e. The van der Waals surface area contributed by atoms with E-state index in [-0.39, 0.29) is 24.0 Å². The van der Waals surface area contributed by atoms with E-state index in [2.05, 4.69) is 26.7 Å². The highest BCUT2D eigenvalue weighted by Gasteiger charge is 2.15. The summed E-state index contributed by atoms with van der Waals surface area (Å²) in [5.74, 6) is 1.76. The number of nitrogens with one attached hydrogen (secondary N) is 2. The SMILES string of the molecule is CN=C(NCc1cccnc1N(C)C)NCC1CCCO1.I. The number of aromatic nitrogens is 1. The molecule has 1 atom stereocenters. The van der Waals surface area contributed by atoms with Crippen LogP contribution in [0.25, 0.3) is 0 Å². The predicted molar refractivity (Wildman–Crippen MR) is 101 cm³/mol. The van der Waals surface area contributed by atoms with Crippen molar-refractivity contribution in [2.24, 2.45) is 4.99 Å². The van der Waals surface area contributed by atoms with Crippen LogP contribution in [0.5, 0.6) is 0 Å². The molecule has 1 saturated heterocycles. The maximum atomic E-state index is 5.60. The summed E-state index contributed by atoms with van der Waals surface area (Å²) < 4.78 is 5.60. The van der Waals surface area contributed by atoms with E-state index in [0.29, 0.717) is 12.6 Å². The zero-order valence-electron chi connectivity index (χ0n) is 13.5. The largest absolute Gasteiger partial charge is 0.376 e. The summed E-state index contributed by atoms with van der Waals surface area (Å²) in [7, 11) is 5.77. The van der Waals surface area contributed by atoms with E-state index in [1.165, 1.54) is 0 Å². The molecule has 0 radical (unpaired) electrons. The summed E-state index contributed by atoms with van der Waals surface area (Å²) in [6.45, 7) is 2.36. The molecule has 1 unspecified atom stereocenters. The molecule has 0 aromatic carbocycles. The molecular weight excluding hydrogens is 393 g/mol. The van der Waals surface area contributed by atoms with Crippen molar-refractivity contribution in [1.29, 1.82) is 0 Å². The van der Waals surface area contributed by atoms with Crippen LogP contribution in [-0.2, 0) is 11.3 Å². The van der Waals surface area contributed by atoms with Crippen LogP contribution in [0.15, 0.2) is 23.3 Å². The van der Waals surface area contributed by atoms with Gasteiger partial charge in [-0.05, 0) is 18.9 Å². The van der Waals surface area contributed by atoms with Crippen LogP contribution in [0.4, 0.5) is 5.82 Å². The fourth-order valence-corrected chi connectivity index (χ4v) is 2.39. The summed E-state index contributed by atoms with van der Waals surface area (Å²) in [5.41, 5.74) is 1.14. The quantitative estimate of drug-likeness (QED) is 0.432. The lowest BCUT2D eigenvalue weighted by molar-refractivity contribution is 0.114. The number of hydrogen-bond acceptors (Lipinski definition) is 4. The molecule has 1 aromatic heterocycles. The third-order valence-electron chi connectivity index (χ3n) is 3.48. The Morgan fingerprint density at radius 2 is 2.27 bits per heavy atom. The first-order chi connectivity index (χ1) is 10.2. The minimum Gasteiger partial charge on any atom is -0.376 e. The number of hydrogen-bond donors (Lipinski definition) is 2. The van der Waals surface area contributed by atoms with E-state index < -0.39 is 0 Å². The topological polar surface area (TPSA) is 61.8 Å². The van der Waals surface area contributed by atoms with Crippen molar-refractivity contribution < 1.29 is 4.74 Å². The third-order valence-corrected chi connectivity index (χ3v) is 3.48. The van der Waals surface area contributed by atoms with E-state index in [0.717, 1.165) is 43.3 Å². The second-order valence-corrected chi connectivity index (χ2v) is 5.32. The van der Waals surface area contributed by atoms with Crippen molar-refractivity contribution >= 4 is 35.8 Å². The molecule has 2 heterocycles. The number of anilines is 1. The monoisotopic (exact) mass is 419 g/mol. The average Bonchev–Trinajstić information content (AvgIpc) is 3.01. The zero-order chi connectivity index (χ0) is 15.1. The van der Waals surface area contributed by atoms with E-state index in [1.54, 1.807) is 7.05 Å². The summed E-state index contributed by atoms with van der Waals surface area (Å²) in [4.78, 5) is 10.7. The minimum atomic E-state index is 0. The van der Waals surface area contributed by atoms with Crippen LogP contribution in [0, 0.1) is 0 Å². The Morgan fingerprint density at radius 1 is 1.45 bits per heavy atom. The molecule has 0 aliphatic carbocycles. The predicted octanol–water partition coefficient (Wildman–Crippen LogP) is 1.61. The molecule has 1 aromatic rings. The van der Waals surface area contributed by atoms with Gasteiger partial charge in [0.05, 0.1) is 6.10 Å². The molecule has 0 amide bonds. The van der Waals surface area contributed by atoms with Gasteiger partial charge in [-0.25, -0.2) is 4.98 Å². The van der Waals surface area contributed by atoms with E-state index >= 15 is 0 Å². The molecule has 124 valence electrons. The van der Waals surface area contributed by atoms with Crippen LogP contribution >= 0.6 is 24.0 Å². The van der Waals surface area contributed by atoms with Crippen LogP contribution in [0.2, 0.25) is 0 Å². The maximum absolute atomic E-state index is 5.60. The normalized spacial score (nSPS) is 17.8. The summed E-state index contributed by atoms with van der Waals surface area (Å²) in [5, 5.41) is 6.63. The number of nitrogens with zero attached hydrogens (tertiary/aromatic N) is 3. The first-order valence-electron chi connectivity index (χ1n) is 7.38. The number of guanidine groups is 1. The molecule has 0 bridgehead atoms. The van der Waals surface area contributed by atoms with Gasteiger partial charge >= 0.3 is 0 Å². The molecule has 1 aliphatic rings. The number of aliphatic imine (C=N–C) groups is 1. The average molecular weight is 419 g/mol. The van der Waals surface area contributed by atoms with Crippen molar-refractivity contribution in [3.63, 3.8) is 0 Å². The van der Waals surface area contributed by atoms with Crippen molar-refractivity contribution in [3.05, 3.63) is 23.9 Å². The van der Waals surface area contributed by atoms with Crippen molar-refractivity contribution in [2.45, 2.75) is 25.5 Å². The van der Waals surface area contributed by atoms with Gasteiger partial charge in [-0.1, -0.05) is 6.07 Å².